The van der Waals surface area contributed by atoms with E-state index in [2.05, 4.69) is 24.1 Å². The lowest BCUT2D eigenvalue weighted by Gasteiger charge is -2.39. The number of nitrogens with one attached hydrogen (secondary N) is 1. The Morgan fingerprint density at radius 3 is 2.95 bits per heavy atom. The van der Waals surface area contributed by atoms with Gasteiger partial charge in [-0.2, -0.15) is 0 Å². The molecule has 1 aliphatic rings. The van der Waals surface area contributed by atoms with Gasteiger partial charge in [-0.1, -0.05) is 13.8 Å². The number of carbonyl (C=O) groups excluding carboxylic acids is 1. The Balaban J connectivity index is 2.10. The van der Waals surface area contributed by atoms with Crippen LogP contribution in [-0.4, -0.2) is 43.2 Å². The highest BCUT2D eigenvalue weighted by atomic mass is 16.5. The smallest absolute Gasteiger partial charge is 0.374 e. The minimum absolute atomic E-state index is 0.328. The van der Waals surface area contributed by atoms with Crippen molar-refractivity contribution in [1.29, 1.82) is 0 Å². The topological polar surface area (TPSA) is 54.7 Å². The fraction of sp³-hybridized carbons (Fsp3) is 0.667. The fourth-order valence-corrected chi connectivity index (χ4v) is 2.75. The second-order valence-electron chi connectivity index (χ2n) is 5.27. The second-order valence-corrected chi connectivity index (χ2v) is 5.27. The van der Waals surface area contributed by atoms with Crippen molar-refractivity contribution in [3.05, 3.63) is 23.7 Å². The van der Waals surface area contributed by atoms with E-state index in [-0.39, 0.29) is 0 Å². The summed E-state index contributed by atoms with van der Waals surface area (Å²) in [5, 5.41) is 3.57. The molecule has 2 unspecified atom stereocenters. The summed E-state index contributed by atoms with van der Waals surface area (Å²) in [5.41, 5.74) is 0.909. The molecule has 2 atom stereocenters. The Morgan fingerprint density at radius 1 is 1.50 bits per heavy atom. The lowest BCUT2D eigenvalue weighted by molar-refractivity contribution is 0.0558. The monoisotopic (exact) mass is 280 g/mol. The third kappa shape index (κ3) is 3.22. The molecule has 0 aromatic carbocycles. The molecule has 0 saturated carbocycles. The summed E-state index contributed by atoms with van der Waals surface area (Å²) in [6, 6.07) is 2.88. The SMILES string of the molecule is CCC1CN(Cc2ccoc2C(=O)OC)C(CC)CN1. The van der Waals surface area contributed by atoms with E-state index < -0.39 is 5.97 Å². The van der Waals surface area contributed by atoms with Gasteiger partial charge in [-0.25, -0.2) is 4.79 Å². The van der Waals surface area contributed by atoms with Gasteiger partial charge in [0.25, 0.3) is 0 Å². The number of ether oxygens (including phenoxy) is 1. The van der Waals surface area contributed by atoms with Crippen molar-refractivity contribution in [2.75, 3.05) is 20.2 Å². The van der Waals surface area contributed by atoms with Crippen LogP contribution in [-0.2, 0) is 11.3 Å². The quantitative estimate of drug-likeness (QED) is 0.836. The average molecular weight is 280 g/mol. The van der Waals surface area contributed by atoms with Crippen LogP contribution in [0.5, 0.6) is 0 Å². The van der Waals surface area contributed by atoms with E-state index in [1.807, 2.05) is 6.07 Å². The summed E-state index contributed by atoms with van der Waals surface area (Å²) in [5.74, 6) is -0.0749. The molecule has 0 spiro atoms. The molecular weight excluding hydrogens is 256 g/mol. The molecule has 1 N–H and O–H groups in total. The minimum atomic E-state index is -0.403. The van der Waals surface area contributed by atoms with Crippen LogP contribution in [0.25, 0.3) is 0 Å². The molecule has 1 fully saturated rings. The number of furan rings is 1. The zero-order valence-electron chi connectivity index (χ0n) is 12.5. The van der Waals surface area contributed by atoms with Crippen LogP contribution in [0, 0.1) is 0 Å². The molecule has 0 radical (unpaired) electrons. The maximum atomic E-state index is 11.7. The van der Waals surface area contributed by atoms with Crippen molar-refractivity contribution in [2.24, 2.45) is 0 Å². The van der Waals surface area contributed by atoms with Crippen molar-refractivity contribution in [3.63, 3.8) is 0 Å². The largest absolute Gasteiger partial charge is 0.463 e. The number of esters is 1. The summed E-state index contributed by atoms with van der Waals surface area (Å²) >= 11 is 0. The first kappa shape index (κ1) is 15.1. The molecule has 1 saturated heterocycles. The number of methoxy groups -OCH3 is 1. The van der Waals surface area contributed by atoms with Gasteiger partial charge in [-0.3, -0.25) is 4.90 Å². The predicted molar refractivity (Wildman–Crippen MR) is 76.6 cm³/mol. The Bertz CT molecular complexity index is 444. The highest BCUT2D eigenvalue weighted by molar-refractivity contribution is 5.87. The van der Waals surface area contributed by atoms with Gasteiger partial charge in [0.15, 0.2) is 0 Å². The van der Waals surface area contributed by atoms with Gasteiger partial charge >= 0.3 is 5.97 Å². The third-order valence-corrected chi connectivity index (χ3v) is 4.07. The van der Waals surface area contributed by atoms with Crippen molar-refractivity contribution in [3.8, 4) is 0 Å². The Kier molecular flexibility index (Phi) is 5.20. The van der Waals surface area contributed by atoms with Gasteiger partial charge in [-0.05, 0) is 18.9 Å². The van der Waals surface area contributed by atoms with Gasteiger partial charge in [0.2, 0.25) is 5.76 Å². The number of hydrogen-bond acceptors (Lipinski definition) is 5. The first-order chi connectivity index (χ1) is 9.69. The van der Waals surface area contributed by atoms with E-state index in [0.29, 0.717) is 17.8 Å². The van der Waals surface area contributed by atoms with Crippen LogP contribution in [0.2, 0.25) is 0 Å². The Morgan fingerprint density at radius 2 is 2.30 bits per heavy atom. The van der Waals surface area contributed by atoms with Gasteiger partial charge in [-0.15, -0.1) is 0 Å². The van der Waals surface area contributed by atoms with Crippen molar-refractivity contribution in [1.82, 2.24) is 10.2 Å². The number of piperazine rings is 1. The fourth-order valence-electron chi connectivity index (χ4n) is 2.75. The highest BCUT2D eigenvalue weighted by Crippen LogP contribution is 2.19. The van der Waals surface area contributed by atoms with Crippen molar-refractivity contribution >= 4 is 5.97 Å². The molecular formula is C15H24N2O3. The first-order valence-electron chi connectivity index (χ1n) is 7.31. The molecule has 112 valence electrons. The molecule has 5 heteroatoms. The van der Waals surface area contributed by atoms with Crippen LogP contribution in [0.4, 0.5) is 0 Å². The second kappa shape index (κ2) is 6.90. The number of hydrogen-bond donors (Lipinski definition) is 1. The van der Waals surface area contributed by atoms with Crippen LogP contribution in [0.3, 0.4) is 0 Å². The molecule has 1 aliphatic heterocycles. The maximum Gasteiger partial charge on any atom is 0.374 e. The lowest BCUT2D eigenvalue weighted by Crippen LogP contribution is -2.55. The Labute approximate surface area is 120 Å². The lowest BCUT2D eigenvalue weighted by atomic mass is 10.0. The molecule has 2 heterocycles. The highest BCUT2D eigenvalue weighted by Gasteiger charge is 2.27. The van der Waals surface area contributed by atoms with Crippen LogP contribution in [0.15, 0.2) is 16.7 Å². The summed E-state index contributed by atoms with van der Waals surface area (Å²) in [7, 11) is 1.38. The van der Waals surface area contributed by atoms with Crippen molar-refractivity contribution < 1.29 is 13.9 Å². The molecule has 20 heavy (non-hydrogen) atoms. The van der Waals surface area contributed by atoms with Crippen molar-refractivity contribution in [2.45, 2.75) is 45.3 Å². The van der Waals surface area contributed by atoms with E-state index in [9.17, 15) is 4.79 Å². The molecule has 1 aromatic rings. The van der Waals surface area contributed by atoms with E-state index in [4.69, 9.17) is 9.15 Å². The third-order valence-electron chi connectivity index (χ3n) is 4.07. The maximum absolute atomic E-state index is 11.7. The number of nitrogens with zero attached hydrogens (tertiary/aromatic N) is 1. The molecule has 0 bridgehead atoms. The summed E-state index contributed by atoms with van der Waals surface area (Å²) in [6.07, 6.45) is 3.76. The molecule has 5 nitrogen and oxygen atoms in total. The van der Waals surface area contributed by atoms with E-state index >= 15 is 0 Å². The van der Waals surface area contributed by atoms with Crippen LogP contribution < -0.4 is 5.32 Å². The average Bonchev–Trinajstić information content (AvgIpc) is 2.94. The van der Waals surface area contributed by atoms with Gasteiger partial charge in [0, 0.05) is 37.3 Å². The minimum Gasteiger partial charge on any atom is -0.463 e. The zero-order valence-corrected chi connectivity index (χ0v) is 12.5. The number of carbonyl (C=O) groups is 1. The summed E-state index contributed by atoms with van der Waals surface area (Å²) in [4.78, 5) is 14.1. The summed E-state index contributed by atoms with van der Waals surface area (Å²) < 4.78 is 10.0. The molecule has 2 rings (SSSR count). The standard InChI is InChI=1S/C15H24N2O3/c1-4-12-10-17(13(5-2)8-16-12)9-11-6-7-20-14(11)15(18)19-3/h6-7,12-13,16H,4-5,8-10H2,1-3H3. The van der Waals surface area contributed by atoms with Gasteiger partial charge < -0.3 is 14.5 Å². The molecule has 1 aromatic heterocycles. The zero-order chi connectivity index (χ0) is 14.5. The molecule has 0 amide bonds. The normalized spacial score (nSPS) is 23.8. The van der Waals surface area contributed by atoms with Gasteiger partial charge in [0.1, 0.15) is 0 Å². The van der Waals surface area contributed by atoms with Gasteiger partial charge in [0.05, 0.1) is 13.4 Å². The van der Waals surface area contributed by atoms with Crippen LogP contribution >= 0.6 is 0 Å². The first-order valence-corrected chi connectivity index (χ1v) is 7.31. The van der Waals surface area contributed by atoms with E-state index in [0.717, 1.165) is 38.0 Å². The Hall–Kier alpha value is -1.33. The number of rotatable bonds is 5. The van der Waals surface area contributed by atoms with Crippen LogP contribution in [0.1, 0.15) is 42.8 Å². The summed E-state index contributed by atoms with van der Waals surface area (Å²) in [6.45, 7) is 7.13. The predicted octanol–water partition coefficient (Wildman–Crippen LogP) is 2.03. The van der Waals surface area contributed by atoms with E-state index in [1.54, 1.807) is 6.26 Å². The van der Waals surface area contributed by atoms with E-state index in [1.165, 1.54) is 7.11 Å². The molecule has 0 aliphatic carbocycles.